The van der Waals surface area contributed by atoms with Gasteiger partial charge < -0.3 is 10.2 Å². The second-order valence-corrected chi connectivity index (χ2v) is 10.7. The van der Waals surface area contributed by atoms with Crippen molar-refractivity contribution in [3.8, 4) is 0 Å². The van der Waals surface area contributed by atoms with Crippen LogP contribution < -0.4 is 5.32 Å². The quantitative estimate of drug-likeness (QED) is 0.367. The van der Waals surface area contributed by atoms with Crippen molar-refractivity contribution in [1.29, 1.82) is 0 Å². The van der Waals surface area contributed by atoms with Crippen LogP contribution in [-0.4, -0.2) is 34.6 Å². The van der Waals surface area contributed by atoms with Crippen molar-refractivity contribution < 1.29 is 9.59 Å². The molecule has 0 aliphatic heterocycles. The lowest BCUT2D eigenvalue weighted by atomic mass is 10.1. The number of thioether (sulfide) groups is 1. The van der Waals surface area contributed by atoms with Gasteiger partial charge in [0.15, 0.2) is 0 Å². The van der Waals surface area contributed by atoms with Crippen molar-refractivity contribution in [3.63, 3.8) is 0 Å². The summed E-state index contributed by atoms with van der Waals surface area (Å²) in [5, 5.41) is 4.99. The third-order valence-electron chi connectivity index (χ3n) is 5.74. The average Bonchev–Trinajstić information content (AvgIpc) is 3.28. The molecule has 1 fully saturated rings. The molecule has 1 aliphatic rings. The van der Waals surface area contributed by atoms with Gasteiger partial charge in [-0.05, 0) is 49.6 Å². The maximum Gasteiger partial charge on any atom is 0.242 e. The Morgan fingerprint density at radius 2 is 1.70 bits per heavy atom. The van der Waals surface area contributed by atoms with Gasteiger partial charge >= 0.3 is 0 Å². The molecule has 1 saturated carbocycles. The van der Waals surface area contributed by atoms with Crippen LogP contribution in [0.4, 0.5) is 0 Å². The van der Waals surface area contributed by atoms with Gasteiger partial charge in [-0.25, -0.2) is 0 Å². The van der Waals surface area contributed by atoms with Crippen molar-refractivity contribution >= 4 is 70.0 Å². The number of carbonyl (C=O) groups excluding carboxylic acids is 2. The molecule has 2 aromatic rings. The number of amides is 2. The van der Waals surface area contributed by atoms with Crippen molar-refractivity contribution in [3.05, 3.63) is 67.6 Å². The molecule has 0 heterocycles. The molecule has 1 atom stereocenters. The van der Waals surface area contributed by atoms with Crippen LogP contribution >= 0.6 is 58.2 Å². The summed E-state index contributed by atoms with van der Waals surface area (Å²) >= 11 is 26.2. The van der Waals surface area contributed by atoms with Gasteiger partial charge in [0.2, 0.25) is 11.8 Å². The van der Waals surface area contributed by atoms with Crippen LogP contribution in [-0.2, 0) is 21.9 Å². The maximum atomic E-state index is 13.3. The van der Waals surface area contributed by atoms with E-state index in [0.717, 1.165) is 31.2 Å². The van der Waals surface area contributed by atoms with E-state index in [2.05, 4.69) is 5.32 Å². The fraction of sp³-hybridized carbons (Fsp3) is 0.417. The first kappa shape index (κ1) is 26.5. The molecule has 178 valence electrons. The van der Waals surface area contributed by atoms with E-state index in [4.69, 9.17) is 46.4 Å². The third kappa shape index (κ3) is 7.43. The predicted molar refractivity (Wildman–Crippen MR) is 139 cm³/mol. The van der Waals surface area contributed by atoms with Crippen molar-refractivity contribution in [2.24, 2.45) is 0 Å². The van der Waals surface area contributed by atoms with Gasteiger partial charge in [0.25, 0.3) is 0 Å². The lowest BCUT2D eigenvalue weighted by molar-refractivity contribution is -0.138. The summed E-state index contributed by atoms with van der Waals surface area (Å²) in [5.74, 6) is 0.466. The number of nitrogens with zero attached hydrogens (tertiary/aromatic N) is 1. The molecular weight excluding hydrogens is 522 g/mol. The molecule has 0 radical (unpaired) electrons. The SMILES string of the molecule is C[C@H](C(=O)NC1CCCC1)N(Cc1c(Cl)cccc1Cl)C(=O)CSCc1ccc(Cl)c(Cl)c1. The largest absolute Gasteiger partial charge is 0.352 e. The normalized spacial score (nSPS) is 14.8. The molecule has 0 unspecified atom stereocenters. The minimum absolute atomic E-state index is 0.157. The molecular formula is C24H26Cl4N2O2S. The Morgan fingerprint density at radius 3 is 2.33 bits per heavy atom. The summed E-state index contributed by atoms with van der Waals surface area (Å²) in [6.07, 6.45) is 4.18. The molecule has 0 spiro atoms. The first-order chi connectivity index (χ1) is 15.8. The second-order valence-electron chi connectivity index (χ2n) is 8.13. The van der Waals surface area contributed by atoms with E-state index >= 15 is 0 Å². The molecule has 9 heteroatoms. The van der Waals surface area contributed by atoms with E-state index in [-0.39, 0.29) is 30.2 Å². The first-order valence-electron chi connectivity index (χ1n) is 10.8. The lowest BCUT2D eigenvalue weighted by Gasteiger charge is -2.30. The van der Waals surface area contributed by atoms with Gasteiger partial charge in [-0.2, -0.15) is 0 Å². The molecule has 1 aliphatic carbocycles. The summed E-state index contributed by atoms with van der Waals surface area (Å²) in [6, 6.07) is 10.1. The number of carbonyl (C=O) groups is 2. The molecule has 0 aromatic heterocycles. The van der Waals surface area contributed by atoms with Crippen molar-refractivity contribution in [2.45, 2.75) is 57.0 Å². The number of hydrogen-bond acceptors (Lipinski definition) is 3. The van der Waals surface area contributed by atoms with E-state index in [0.29, 0.717) is 31.4 Å². The summed E-state index contributed by atoms with van der Waals surface area (Å²) in [6.45, 7) is 1.90. The monoisotopic (exact) mass is 546 g/mol. The van der Waals surface area contributed by atoms with E-state index in [1.807, 2.05) is 6.07 Å². The highest BCUT2D eigenvalue weighted by atomic mass is 35.5. The molecule has 33 heavy (non-hydrogen) atoms. The minimum atomic E-state index is -0.656. The lowest BCUT2D eigenvalue weighted by Crippen LogP contribution is -2.50. The Morgan fingerprint density at radius 1 is 1.03 bits per heavy atom. The fourth-order valence-electron chi connectivity index (χ4n) is 3.80. The molecule has 3 rings (SSSR count). The average molecular weight is 548 g/mol. The van der Waals surface area contributed by atoms with Gasteiger partial charge in [-0.15, -0.1) is 11.8 Å². The predicted octanol–water partition coefficient (Wildman–Crippen LogP) is 7.01. The Hall–Kier alpha value is -1.11. The Balaban J connectivity index is 1.70. The van der Waals surface area contributed by atoms with Crippen LogP contribution in [0.2, 0.25) is 20.1 Å². The number of benzene rings is 2. The van der Waals surface area contributed by atoms with Crippen LogP contribution in [0.25, 0.3) is 0 Å². The van der Waals surface area contributed by atoms with Crippen LogP contribution in [0.15, 0.2) is 36.4 Å². The van der Waals surface area contributed by atoms with Crippen molar-refractivity contribution in [2.75, 3.05) is 5.75 Å². The zero-order valence-electron chi connectivity index (χ0n) is 18.3. The van der Waals surface area contributed by atoms with Crippen LogP contribution in [0, 0.1) is 0 Å². The highest BCUT2D eigenvalue weighted by Gasteiger charge is 2.29. The minimum Gasteiger partial charge on any atom is -0.352 e. The Labute approximate surface area is 219 Å². The molecule has 4 nitrogen and oxygen atoms in total. The van der Waals surface area contributed by atoms with E-state index < -0.39 is 6.04 Å². The molecule has 2 aromatic carbocycles. The standard InChI is InChI=1S/C24H26Cl4N2O2S/c1-15(24(32)29-17-5-2-3-6-17)30(12-18-19(25)7-4-8-20(18)26)23(31)14-33-13-16-9-10-21(27)22(28)11-16/h4,7-11,15,17H,2-3,5-6,12-14H2,1H3,(H,29,32)/t15-/m1/s1. The smallest absolute Gasteiger partial charge is 0.242 e. The molecule has 2 amide bonds. The van der Waals surface area contributed by atoms with Crippen molar-refractivity contribution in [1.82, 2.24) is 10.2 Å². The topological polar surface area (TPSA) is 49.4 Å². The fourth-order valence-corrected chi connectivity index (χ4v) is 5.49. The summed E-state index contributed by atoms with van der Waals surface area (Å²) in [7, 11) is 0. The van der Waals surface area contributed by atoms with Gasteiger partial charge in [0.05, 0.1) is 15.8 Å². The van der Waals surface area contributed by atoms with Gasteiger partial charge in [0, 0.05) is 33.9 Å². The highest BCUT2D eigenvalue weighted by Crippen LogP contribution is 2.28. The Bertz CT molecular complexity index is 978. The maximum absolute atomic E-state index is 13.3. The number of hydrogen-bond donors (Lipinski definition) is 1. The van der Waals surface area contributed by atoms with E-state index in [9.17, 15) is 9.59 Å². The number of rotatable bonds is 9. The third-order valence-corrected chi connectivity index (χ3v) is 8.17. The molecule has 1 N–H and O–H groups in total. The zero-order chi connectivity index (χ0) is 24.0. The Kier molecular flexibility index (Phi) is 10.1. The van der Waals surface area contributed by atoms with E-state index in [1.165, 1.54) is 11.8 Å². The highest BCUT2D eigenvalue weighted by molar-refractivity contribution is 7.99. The second kappa shape index (κ2) is 12.6. The number of nitrogens with one attached hydrogen (secondary N) is 1. The van der Waals surface area contributed by atoms with E-state index in [1.54, 1.807) is 42.2 Å². The van der Waals surface area contributed by atoms with Crippen LogP contribution in [0.1, 0.15) is 43.7 Å². The number of halogens is 4. The van der Waals surface area contributed by atoms with Gasteiger partial charge in [-0.1, -0.05) is 71.4 Å². The van der Waals surface area contributed by atoms with Gasteiger partial charge in [0.1, 0.15) is 6.04 Å². The molecule has 0 bridgehead atoms. The summed E-state index contributed by atoms with van der Waals surface area (Å²) in [4.78, 5) is 27.8. The zero-order valence-corrected chi connectivity index (χ0v) is 22.1. The van der Waals surface area contributed by atoms with Crippen LogP contribution in [0.3, 0.4) is 0 Å². The first-order valence-corrected chi connectivity index (χ1v) is 13.5. The summed E-state index contributed by atoms with van der Waals surface area (Å²) < 4.78 is 0. The molecule has 0 saturated heterocycles. The van der Waals surface area contributed by atoms with Gasteiger partial charge in [-0.3, -0.25) is 9.59 Å². The van der Waals surface area contributed by atoms with Crippen LogP contribution in [0.5, 0.6) is 0 Å². The summed E-state index contributed by atoms with van der Waals surface area (Å²) in [5.41, 5.74) is 1.60.